The molecule has 0 bridgehead atoms. The zero-order valence-corrected chi connectivity index (χ0v) is 20.6. The highest BCUT2D eigenvalue weighted by Crippen LogP contribution is 2.36. The van der Waals surface area contributed by atoms with E-state index in [0.717, 1.165) is 61.1 Å². The van der Waals surface area contributed by atoms with E-state index < -0.39 is 0 Å². The molecule has 2 heterocycles. The monoisotopic (exact) mass is 474 g/mol. The van der Waals surface area contributed by atoms with Crippen molar-refractivity contribution in [1.82, 2.24) is 14.9 Å². The molecule has 7 heteroatoms. The third-order valence-electron chi connectivity index (χ3n) is 7.07. The molecule has 1 unspecified atom stereocenters. The van der Waals surface area contributed by atoms with E-state index in [4.69, 9.17) is 9.47 Å². The van der Waals surface area contributed by atoms with Gasteiger partial charge in [0.05, 0.1) is 25.7 Å². The van der Waals surface area contributed by atoms with Crippen molar-refractivity contribution in [2.45, 2.75) is 51.2 Å². The van der Waals surface area contributed by atoms with Crippen LogP contribution < -0.4 is 14.4 Å². The van der Waals surface area contributed by atoms with E-state index in [9.17, 15) is 4.79 Å². The second kappa shape index (κ2) is 10.4. The number of benzene rings is 2. The third kappa shape index (κ3) is 5.45. The summed E-state index contributed by atoms with van der Waals surface area (Å²) in [6, 6.07) is 16.7. The number of hydrogen-bond acceptors (Lipinski definition) is 5. The normalized spacial score (nSPS) is 18.3. The number of imidazole rings is 1. The van der Waals surface area contributed by atoms with Crippen LogP contribution in [0.4, 0.5) is 5.69 Å². The first-order valence-electron chi connectivity index (χ1n) is 12.5. The highest BCUT2D eigenvalue weighted by molar-refractivity contribution is 5.79. The Morgan fingerprint density at radius 2 is 1.94 bits per heavy atom. The number of aromatic nitrogens is 2. The number of carbonyl (C=O) groups excluding carboxylic acids is 1. The van der Waals surface area contributed by atoms with Gasteiger partial charge in [0.15, 0.2) is 11.5 Å². The van der Waals surface area contributed by atoms with Crippen molar-refractivity contribution in [2.24, 2.45) is 0 Å². The molecule has 2 fully saturated rings. The number of carbonyl (C=O) groups is 1. The fourth-order valence-electron chi connectivity index (χ4n) is 4.93. The molecule has 1 aromatic heterocycles. The molecular formula is C28H34N4O3. The lowest BCUT2D eigenvalue weighted by Crippen LogP contribution is -2.56. The Kier molecular flexibility index (Phi) is 6.93. The summed E-state index contributed by atoms with van der Waals surface area (Å²) in [5.41, 5.74) is 3.20. The molecule has 1 saturated heterocycles. The van der Waals surface area contributed by atoms with Crippen LogP contribution in [0.1, 0.15) is 36.3 Å². The number of amides is 1. The highest BCUT2D eigenvalue weighted by atomic mass is 16.5. The van der Waals surface area contributed by atoms with Crippen LogP contribution in [0.5, 0.6) is 11.5 Å². The van der Waals surface area contributed by atoms with Gasteiger partial charge in [-0.3, -0.25) is 4.79 Å². The van der Waals surface area contributed by atoms with Crippen LogP contribution in [-0.4, -0.2) is 59.7 Å². The quantitative estimate of drug-likeness (QED) is 0.531. The Morgan fingerprint density at radius 3 is 2.63 bits per heavy atom. The Bertz CT molecular complexity index is 1140. The summed E-state index contributed by atoms with van der Waals surface area (Å²) in [6.45, 7) is 4.11. The van der Waals surface area contributed by atoms with E-state index in [1.165, 1.54) is 12.0 Å². The number of rotatable bonds is 8. The van der Waals surface area contributed by atoms with Gasteiger partial charge in [-0.1, -0.05) is 30.3 Å². The lowest BCUT2D eigenvalue weighted by molar-refractivity contribution is -0.133. The Balaban J connectivity index is 1.35. The van der Waals surface area contributed by atoms with Crippen molar-refractivity contribution in [1.29, 1.82) is 0 Å². The summed E-state index contributed by atoms with van der Waals surface area (Å²) in [5, 5.41) is 0. The second-order valence-electron chi connectivity index (χ2n) is 9.55. The first-order chi connectivity index (χ1) is 17.1. The van der Waals surface area contributed by atoms with E-state index in [0.29, 0.717) is 13.0 Å². The molecule has 1 atom stereocenters. The van der Waals surface area contributed by atoms with E-state index >= 15 is 0 Å². The van der Waals surface area contributed by atoms with Gasteiger partial charge in [-0.15, -0.1) is 0 Å². The molecule has 1 N–H and O–H groups in total. The predicted molar refractivity (Wildman–Crippen MR) is 136 cm³/mol. The largest absolute Gasteiger partial charge is 0.493 e. The molecule has 184 valence electrons. The van der Waals surface area contributed by atoms with Crippen molar-refractivity contribution < 1.29 is 14.3 Å². The molecule has 3 aromatic rings. The summed E-state index contributed by atoms with van der Waals surface area (Å²) >= 11 is 0. The molecule has 1 amide bonds. The van der Waals surface area contributed by atoms with E-state index in [1.54, 1.807) is 13.3 Å². The standard InChI is InChI=1S/C28H34N4O3/c1-20-29-18-22(30-20)16-28(33)32-14-13-31(19-24(32)15-21-7-4-3-5-8-21)23-11-12-26(34-2)27(17-23)35-25-9-6-10-25/h3-5,7-8,11-12,17-18,24-25H,6,9-10,13-16,19H2,1-2H3,(H,29,30). The minimum absolute atomic E-state index is 0.0702. The third-order valence-corrected chi connectivity index (χ3v) is 7.07. The Labute approximate surface area is 207 Å². The molecule has 35 heavy (non-hydrogen) atoms. The lowest BCUT2D eigenvalue weighted by Gasteiger charge is -2.43. The van der Waals surface area contributed by atoms with Crippen LogP contribution in [0.25, 0.3) is 0 Å². The van der Waals surface area contributed by atoms with Gasteiger partial charge >= 0.3 is 0 Å². The lowest BCUT2D eigenvalue weighted by atomic mass is 9.96. The number of aromatic amines is 1. The summed E-state index contributed by atoms with van der Waals surface area (Å²) < 4.78 is 11.8. The van der Waals surface area contributed by atoms with Gasteiger partial charge in [-0.05, 0) is 50.3 Å². The number of hydrogen-bond donors (Lipinski definition) is 1. The molecule has 2 aliphatic rings. The van der Waals surface area contributed by atoms with Crippen LogP contribution in [0.15, 0.2) is 54.7 Å². The molecule has 1 aliphatic carbocycles. The van der Waals surface area contributed by atoms with E-state index in [-0.39, 0.29) is 18.1 Å². The van der Waals surface area contributed by atoms with Gasteiger partial charge in [0.1, 0.15) is 5.82 Å². The van der Waals surface area contributed by atoms with Crippen LogP contribution in [0, 0.1) is 6.92 Å². The average Bonchev–Trinajstić information content (AvgIpc) is 3.26. The van der Waals surface area contributed by atoms with Gasteiger partial charge in [0.25, 0.3) is 0 Å². The highest BCUT2D eigenvalue weighted by Gasteiger charge is 2.31. The van der Waals surface area contributed by atoms with Crippen molar-refractivity contribution in [2.75, 3.05) is 31.6 Å². The van der Waals surface area contributed by atoms with Gasteiger partial charge in [-0.25, -0.2) is 4.98 Å². The Hall–Kier alpha value is -3.48. The summed E-state index contributed by atoms with van der Waals surface area (Å²) in [7, 11) is 1.68. The number of anilines is 1. The summed E-state index contributed by atoms with van der Waals surface area (Å²) in [6.07, 6.45) is 6.62. The predicted octanol–water partition coefficient (Wildman–Crippen LogP) is 4.16. The van der Waals surface area contributed by atoms with Gasteiger partial charge in [0, 0.05) is 43.3 Å². The molecule has 1 saturated carbocycles. The van der Waals surface area contributed by atoms with Crippen LogP contribution in [-0.2, 0) is 17.6 Å². The number of nitrogens with zero attached hydrogens (tertiary/aromatic N) is 3. The van der Waals surface area contributed by atoms with Crippen LogP contribution in [0.2, 0.25) is 0 Å². The zero-order chi connectivity index (χ0) is 24.2. The first-order valence-corrected chi connectivity index (χ1v) is 12.5. The molecular weight excluding hydrogens is 440 g/mol. The zero-order valence-electron chi connectivity index (χ0n) is 20.6. The Morgan fingerprint density at radius 1 is 1.11 bits per heavy atom. The van der Waals surface area contributed by atoms with Gasteiger partial charge in [-0.2, -0.15) is 0 Å². The molecule has 0 spiro atoms. The molecule has 7 nitrogen and oxygen atoms in total. The number of nitrogens with one attached hydrogen (secondary N) is 1. The van der Waals surface area contributed by atoms with Crippen LogP contribution in [0.3, 0.4) is 0 Å². The smallest absolute Gasteiger partial charge is 0.228 e. The van der Waals surface area contributed by atoms with Gasteiger partial charge in [0.2, 0.25) is 5.91 Å². The minimum Gasteiger partial charge on any atom is -0.493 e. The van der Waals surface area contributed by atoms with Crippen LogP contribution >= 0.6 is 0 Å². The van der Waals surface area contributed by atoms with Crippen molar-refractivity contribution >= 4 is 11.6 Å². The van der Waals surface area contributed by atoms with Crippen molar-refractivity contribution in [3.63, 3.8) is 0 Å². The maximum Gasteiger partial charge on any atom is 0.228 e. The van der Waals surface area contributed by atoms with Crippen molar-refractivity contribution in [3.8, 4) is 11.5 Å². The number of methoxy groups -OCH3 is 1. The molecule has 1 aliphatic heterocycles. The molecule has 0 radical (unpaired) electrons. The summed E-state index contributed by atoms with van der Waals surface area (Å²) in [4.78, 5) is 25.2. The SMILES string of the molecule is COc1ccc(N2CCN(C(=O)Cc3cnc(C)[nH]3)C(Cc3ccccc3)C2)cc1OC1CCC1. The average molecular weight is 475 g/mol. The number of ether oxygens (including phenoxy) is 2. The first kappa shape index (κ1) is 23.3. The number of aryl methyl sites for hydroxylation is 1. The molecule has 2 aromatic carbocycles. The number of H-pyrrole nitrogens is 1. The maximum atomic E-state index is 13.3. The fourth-order valence-corrected chi connectivity index (χ4v) is 4.93. The van der Waals surface area contributed by atoms with E-state index in [2.05, 4.69) is 56.2 Å². The second-order valence-corrected chi connectivity index (χ2v) is 9.55. The molecule has 5 rings (SSSR count). The maximum absolute atomic E-state index is 13.3. The summed E-state index contributed by atoms with van der Waals surface area (Å²) in [5.74, 6) is 2.54. The van der Waals surface area contributed by atoms with Crippen molar-refractivity contribution in [3.05, 3.63) is 71.8 Å². The van der Waals surface area contributed by atoms with Gasteiger partial charge < -0.3 is 24.3 Å². The minimum atomic E-state index is 0.0702. The number of piperazine rings is 1. The topological polar surface area (TPSA) is 70.7 Å². The fraction of sp³-hybridized carbons (Fsp3) is 0.429. The van der Waals surface area contributed by atoms with E-state index in [1.807, 2.05) is 19.1 Å².